The van der Waals surface area contributed by atoms with Crippen LogP contribution in [0, 0.1) is 0 Å². The highest BCUT2D eigenvalue weighted by molar-refractivity contribution is 5.94. The van der Waals surface area contributed by atoms with Gasteiger partial charge in [0.1, 0.15) is 6.10 Å². The van der Waals surface area contributed by atoms with Crippen molar-refractivity contribution >= 4 is 11.8 Å². The van der Waals surface area contributed by atoms with Crippen molar-refractivity contribution in [1.29, 1.82) is 0 Å². The van der Waals surface area contributed by atoms with Crippen LogP contribution >= 0.6 is 0 Å². The summed E-state index contributed by atoms with van der Waals surface area (Å²) in [7, 11) is 1.56. The number of piperazine rings is 1. The number of benzene rings is 1. The van der Waals surface area contributed by atoms with Crippen molar-refractivity contribution < 1.29 is 14.3 Å². The first-order valence-electron chi connectivity index (χ1n) is 8.30. The third-order valence-corrected chi connectivity index (χ3v) is 4.42. The Hall–Kier alpha value is -1.88. The van der Waals surface area contributed by atoms with Gasteiger partial charge in [-0.1, -0.05) is 26.0 Å². The lowest BCUT2D eigenvalue weighted by Crippen LogP contribution is -2.53. The Labute approximate surface area is 138 Å². The standard InChI is InChI=1S/C18H26N2O3/c1-4-14-6-8-15(9-7-14)17(21)19-10-12-20(13-11-19)18(22)16(5-2)23-3/h6-9,16H,4-5,10-13H2,1-3H3/t16-/m0/s1. The van der Waals surface area contributed by atoms with Crippen LogP contribution in [-0.4, -0.2) is 61.0 Å². The van der Waals surface area contributed by atoms with E-state index >= 15 is 0 Å². The SMILES string of the molecule is CCc1ccc(C(=O)N2CCN(C(=O)[C@H](CC)OC)CC2)cc1. The number of methoxy groups -OCH3 is 1. The zero-order chi connectivity index (χ0) is 16.8. The van der Waals surface area contributed by atoms with Crippen LogP contribution in [0.25, 0.3) is 0 Å². The molecule has 0 N–H and O–H groups in total. The van der Waals surface area contributed by atoms with Gasteiger partial charge in [-0.2, -0.15) is 0 Å². The Kier molecular flexibility index (Phi) is 6.16. The smallest absolute Gasteiger partial charge is 0.253 e. The molecule has 1 saturated heterocycles. The molecule has 0 aliphatic carbocycles. The van der Waals surface area contributed by atoms with E-state index in [0.717, 1.165) is 6.42 Å². The van der Waals surface area contributed by atoms with Crippen molar-refractivity contribution in [3.8, 4) is 0 Å². The molecule has 1 aromatic rings. The van der Waals surface area contributed by atoms with Crippen molar-refractivity contribution in [2.45, 2.75) is 32.8 Å². The molecule has 1 heterocycles. The Balaban J connectivity index is 1.93. The highest BCUT2D eigenvalue weighted by atomic mass is 16.5. The number of nitrogens with zero attached hydrogens (tertiary/aromatic N) is 2. The van der Waals surface area contributed by atoms with Crippen molar-refractivity contribution in [3.05, 3.63) is 35.4 Å². The van der Waals surface area contributed by atoms with E-state index in [9.17, 15) is 9.59 Å². The Morgan fingerprint density at radius 3 is 2.09 bits per heavy atom. The van der Waals surface area contributed by atoms with E-state index in [1.807, 2.05) is 36.1 Å². The first-order valence-corrected chi connectivity index (χ1v) is 8.30. The molecular weight excluding hydrogens is 292 g/mol. The van der Waals surface area contributed by atoms with E-state index in [0.29, 0.717) is 38.2 Å². The monoisotopic (exact) mass is 318 g/mol. The predicted octanol–water partition coefficient (Wildman–Crippen LogP) is 1.96. The Morgan fingerprint density at radius 2 is 1.61 bits per heavy atom. The van der Waals surface area contributed by atoms with E-state index < -0.39 is 0 Å². The minimum Gasteiger partial charge on any atom is -0.372 e. The molecule has 0 spiro atoms. The zero-order valence-corrected chi connectivity index (χ0v) is 14.2. The van der Waals surface area contributed by atoms with Gasteiger partial charge in [-0.15, -0.1) is 0 Å². The number of carbonyl (C=O) groups excluding carboxylic acids is 2. The minimum atomic E-state index is -0.376. The number of amides is 2. The van der Waals surface area contributed by atoms with Gasteiger partial charge in [0.15, 0.2) is 0 Å². The molecule has 126 valence electrons. The second-order valence-corrected chi connectivity index (χ2v) is 5.80. The van der Waals surface area contributed by atoms with Gasteiger partial charge >= 0.3 is 0 Å². The van der Waals surface area contributed by atoms with E-state index in [1.165, 1.54) is 5.56 Å². The molecule has 0 unspecified atom stereocenters. The summed E-state index contributed by atoms with van der Waals surface area (Å²) in [6.45, 7) is 6.30. The number of aryl methyl sites for hydroxylation is 1. The molecule has 5 heteroatoms. The van der Waals surface area contributed by atoms with Crippen LogP contribution in [0.5, 0.6) is 0 Å². The van der Waals surface area contributed by atoms with E-state index in [1.54, 1.807) is 12.0 Å². The summed E-state index contributed by atoms with van der Waals surface area (Å²) in [6, 6.07) is 7.77. The number of rotatable bonds is 5. The number of carbonyl (C=O) groups is 2. The molecule has 1 aromatic carbocycles. The van der Waals surface area contributed by atoms with E-state index in [2.05, 4.69) is 6.92 Å². The topological polar surface area (TPSA) is 49.9 Å². The Morgan fingerprint density at radius 1 is 1.04 bits per heavy atom. The molecule has 2 amide bonds. The number of hydrogen-bond acceptors (Lipinski definition) is 3. The molecule has 0 bridgehead atoms. The summed E-state index contributed by atoms with van der Waals surface area (Å²) in [5.74, 6) is 0.0629. The summed E-state index contributed by atoms with van der Waals surface area (Å²) < 4.78 is 5.21. The second kappa shape index (κ2) is 8.11. The molecule has 0 saturated carbocycles. The molecule has 2 rings (SSSR count). The largest absolute Gasteiger partial charge is 0.372 e. The molecule has 1 atom stereocenters. The molecule has 0 aromatic heterocycles. The molecule has 23 heavy (non-hydrogen) atoms. The predicted molar refractivity (Wildman–Crippen MR) is 89.4 cm³/mol. The maximum Gasteiger partial charge on any atom is 0.253 e. The molecule has 5 nitrogen and oxygen atoms in total. The van der Waals surface area contributed by atoms with Crippen molar-refractivity contribution in [3.63, 3.8) is 0 Å². The quantitative estimate of drug-likeness (QED) is 0.834. The molecule has 1 fully saturated rings. The van der Waals surface area contributed by atoms with Crippen LogP contribution in [0.15, 0.2) is 24.3 Å². The summed E-state index contributed by atoms with van der Waals surface area (Å²) in [6.07, 6.45) is 1.25. The summed E-state index contributed by atoms with van der Waals surface area (Å²) >= 11 is 0. The lowest BCUT2D eigenvalue weighted by molar-refractivity contribution is -0.143. The highest BCUT2D eigenvalue weighted by Crippen LogP contribution is 2.12. The number of ether oxygens (including phenoxy) is 1. The van der Waals surface area contributed by atoms with E-state index in [4.69, 9.17) is 4.74 Å². The van der Waals surface area contributed by atoms with Crippen LogP contribution in [0.3, 0.4) is 0 Å². The third kappa shape index (κ3) is 4.10. The summed E-state index contributed by atoms with van der Waals surface area (Å²) in [5.41, 5.74) is 1.94. The fourth-order valence-electron chi connectivity index (χ4n) is 2.84. The van der Waals surface area contributed by atoms with Crippen molar-refractivity contribution in [1.82, 2.24) is 9.80 Å². The normalized spacial score (nSPS) is 16.3. The second-order valence-electron chi connectivity index (χ2n) is 5.80. The van der Waals surface area contributed by atoms with Gasteiger partial charge in [0.25, 0.3) is 11.8 Å². The highest BCUT2D eigenvalue weighted by Gasteiger charge is 2.28. The zero-order valence-electron chi connectivity index (χ0n) is 14.2. The summed E-state index contributed by atoms with van der Waals surface area (Å²) in [4.78, 5) is 28.4. The number of hydrogen-bond donors (Lipinski definition) is 0. The van der Waals surface area contributed by atoms with Crippen LogP contribution in [0.1, 0.15) is 36.2 Å². The van der Waals surface area contributed by atoms with Crippen LogP contribution in [0.2, 0.25) is 0 Å². The fraction of sp³-hybridized carbons (Fsp3) is 0.556. The van der Waals surface area contributed by atoms with Gasteiger partial charge < -0.3 is 14.5 Å². The first kappa shape index (κ1) is 17.5. The Bertz CT molecular complexity index is 530. The molecule has 0 radical (unpaired) electrons. The van der Waals surface area contributed by atoms with Gasteiger partial charge in [0, 0.05) is 38.9 Å². The van der Waals surface area contributed by atoms with Gasteiger partial charge in [-0.25, -0.2) is 0 Å². The van der Waals surface area contributed by atoms with Gasteiger partial charge in [0.2, 0.25) is 0 Å². The van der Waals surface area contributed by atoms with Crippen LogP contribution < -0.4 is 0 Å². The lowest BCUT2D eigenvalue weighted by Gasteiger charge is -2.36. The van der Waals surface area contributed by atoms with Crippen molar-refractivity contribution in [2.75, 3.05) is 33.3 Å². The average molecular weight is 318 g/mol. The molecule has 1 aliphatic rings. The maximum atomic E-state index is 12.5. The molecule has 1 aliphatic heterocycles. The first-order chi connectivity index (χ1) is 11.1. The van der Waals surface area contributed by atoms with E-state index in [-0.39, 0.29) is 17.9 Å². The third-order valence-electron chi connectivity index (χ3n) is 4.42. The van der Waals surface area contributed by atoms with Crippen LogP contribution in [-0.2, 0) is 16.0 Å². The van der Waals surface area contributed by atoms with Gasteiger partial charge in [-0.3, -0.25) is 9.59 Å². The summed E-state index contributed by atoms with van der Waals surface area (Å²) in [5, 5.41) is 0. The lowest BCUT2D eigenvalue weighted by atomic mass is 10.1. The average Bonchev–Trinajstić information content (AvgIpc) is 2.62. The van der Waals surface area contributed by atoms with Gasteiger partial charge in [0.05, 0.1) is 0 Å². The minimum absolute atomic E-state index is 0.0226. The fourth-order valence-corrected chi connectivity index (χ4v) is 2.84. The van der Waals surface area contributed by atoms with Crippen LogP contribution in [0.4, 0.5) is 0 Å². The maximum absolute atomic E-state index is 12.5. The van der Waals surface area contributed by atoms with Gasteiger partial charge in [-0.05, 0) is 30.5 Å². The molecular formula is C18H26N2O3. The van der Waals surface area contributed by atoms with Crippen molar-refractivity contribution in [2.24, 2.45) is 0 Å².